The van der Waals surface area contributed by atoms with E-state index in [1.807, 2.05) is 24.8 Å². The summed E-state index contributed by atoms with van der Waals surface area (Å²) in [6, 6.07) is 0.0603. The maximum Gasteiger partial charge on any atom is 0.303 e. The SMILES string of the molecule is CCC#CC[C@@H](C)[C@@H](O)C=CC1CCC(=O)N1CCCCCCC(=O)O. The minimum absolute atomic E-state index is 0.0603. The lowest BCUT2D eigenvalue weighted by Crippen LogP contribution is -2.33. The molecule has 1 amide bonds. The summed E-state index contributed by atoms with van der Waals surface area (Å²) in [5, 5.41) is 18.9. The summed E-state index contributed by atoms with van der Waals surface area (Å²) in [4.78, 5) is 24.5. The van der Waals surface area contributed by atoms with E-state index in [9.17, 15) is 14.7 Å². The Morgan fingerprint density at radius 1 is 1.31 bits per heavy atom. The van der Waals surface area contributed by atoms with E-state index in [0.29, 0.717) is 25.8 Å². The molecule has 0 aromatic rings. The number of carboxylic acids is 1. The fourth-order valence-electron chi connectivity index (χ4n) is 3.07. The topological polar surface area (TPSA) is 77.8 Å². The molecule has 0 aromatic carbocycles. The number of aliphatic carboxylic acids is 1. The third-order valence-electron chi connectivity index (χ3n) is 4.75. The number of aliphatic hydroxyl groups excluding tert-OH is 1. The van der Waals surface area contributed by atoms with Crippen molar-refractivity contribution in [3.8, 4) is 11.8 Å². The Balaban J connectivity index is 2.39. The summed E-state index contributed by atoms with van der Waals surface area (Å²) in [6.07, 6.45) is 9.68. The van der Waals surface area contributed by atoms with Gasteiger partial charge in [-0.1, -0.05) is 38.8 Å². The maximum absolute atomic E-state index is 12.1. The third kappa shape index (κ3) is 8.53. The van der Waals surface area contributed by atoms with Crippen LogP contribution in [-0.2, 0) is 9.59 Å². The van der Waals surface area contributed by atoms with Crippen molar-refractivity contribution in [2.24, 2.45) is 5.92 Å². The van der Waals surface area contributed by atoms with Gasteiger partial charge in [0.05, 0.1) is 12.1 Å². The van der Waals surface area contributed by atoms with E-state index in [-0.39, 0.29) is 24.3 Å². The summed E-state index contributed by atoms with van der Waals surface area (Å²) in [5.41, 5.74) is 0. The Morgan fingerprint density at radius 3 is 2.73 bits per heavy atom. The van der Waals surface area contributed by atoms with Crippen LogP contribution in [0.2, 0.25) is 0 Å². The van der Waals surface area contributed by atoms with E-state index in [2.05, 4.69) is 11.8 Å². The standard InChI is InChI=1S/C21H33NO4/c1-3-4-7-10-17(2)19(23)14-12-18-13-15-20(24)22(18)16-9-6-5-8-11-21(25)26/h12,14,17-19,23H,3,5-6,8-11,13,15-16H2,1-2H3,(H,25,26)/t17-,18?,19+/m1/s1. The van der Waals surface area contributed by atoms with Crippen LogP contribution in [0.1, 0.15) is 71.6 Å². The lowest BCUT2D eigenvalue weighted by molar-refractivity contribution is -0.137. The molecule has 1 heterocycles. The van der Waals surface area contributed by atoms with Crippen LogP contribution < -0.4 is 0 Å². The van der Waals surface area contributed by atoms with Crippen molar-refractivity contribution in [1.29, 1.82) is 0 Å². The van der Waals surface area contributed by atoms with E-state index < -0.39 is 12.1 Å². The van der Waals surface area contributed by atoms with Crippen LogP contribution in [0.4, 0.5) is 0 Å². The van der Waals surface area contributed by atoms with E-state index in [1.54, 1.807) is 6.08 Å². The summed E-state index contributed by atoms with van der Waals surface area (Å²) < 4.78 is 0. The summed E-state index contributed by atoms with van der Waals surface area (Å²) in [7, 11) is 0. The molecule has 0 aliphatic carbocycles. The van der Waals surface area contributed by atoms with Gasteiger partial charge in [-0.2, -0.15) is 0 Å². The molecule has 1 unspecified atom stereocenters. The van der Waals surface area contributed by atoms with E-state index >= 15 is 0 Å². The zero-order chi connectivity index (χ0) is 19.4. The molecular weight excluding hydrogens is 330 g/mol. The van der Waals surface area contributed by atoms with Gasteiger partial charge < -0.3 is 15.1 Å². The molecule has 2 N–H and O–H groups in total. The first-order chi connectivity index (χ1) is 12.5. The molecule has 0 spiro atoms. The fourth-order valence-corrected chi connectivity index (χ4v) is 3.07. The summed E-state index contributed by atoms with van der Waals surface area (Å²) in [5.74, 6) is 5.57. The van der Waals surface area contributed by atoms with Crippen LogP contribution in [0.15, 0.2) is 12.2 Å². The third-order valence-corrected chi connectivity index (χ3v) is 4.75. The average Bonchev–Trinajstić information content (AvgIpc) is 2.95. The molecule has 146 valence electrons. The molecule has 1 aliphatic rings. The normalized spacial score (nSPS) is 19.4. The van der Waals surface area contributed by atoms with Crippen molar-refractivity contribution in [3.63, 3.8) is 0 Å². The second kappa shape index (κ2) is 12.5. The Bertz CT molecular complexity index is 532. The Hall–Kier alpha value is -1.80. The van der Waals surface area contributed by atoms with Crippen molar-refractivity contribution in [3.05, 3.63) is 12.2 Å². The highest BCUT2D eigenvalue weighted by Gasteiger charge is 2.28. The molecular formula is C21H33NO4. The lowest BCUT2D eigenvalue weighted by atomic mass is 10.00. The number of nitrogens with zero attached hydrogens (tertiary/aromatic N) is 1. The molecule has 3 atom stereocenters. The van der Waals surface area contributed by atoms with Gasteiger partial charge in [0, 0.05) is 32.2 Å². The molecule has 0 aromatic heterocycles. The van der Waals surface area contributed by atoms with E-state index in [1.165, 1.54) is 0 Å². The summed E-state index contributed by atoms with van der Waals surface area (Å²) in [6.45, 7) is 4.69. The molecule has 1 fully saturated rings. The van der Waals surface area contributed by atoms with Gasteiger partial charge in [-0.15, -0.1) is 11.8 Å². The van der Waals surface area contributed by atoms with Gasteiger partial charge in [-0.3, -0.25) is 9.59 Å². The number of hydrogen-bond donors (Lipinski definition) is 2. The number of carbonyl (C=O) groups is 2. The predicted molar refractivity (Wildman–Crippen MR) is 102 cm³/mol. The smallest absolute Gasteiger partial charge is 0.303 e. The zero-order valence-electron chi connectivity index (χ0n) is 16.1. The van der Waals surface area contributed by atoms with Crippen molar-refractivity contribution in [1.82, 2.24) is 4.90 Å². The molecule has 1 saturated heterocycles. The van der Waals surface area contributed by atoms with Crippen molar-refractivity contribution < 1.29 is 19.8 Å². The van der Waals surface area contributed by atoms with E-state index in [0.717, 1.165) is 32.1 Å². The molecule has 1 rings (SSSR count). The quantitative estimate of drug-likeness (QED) is 0.335. The monoisotopic (exact) mass is 363 g/mol. The second-order valence-corrected chi connectivity index (χ2v) is 7.02. The van der Waals surface area contributed by atoms with Gasteiger partial charge in [0.1, 0.15) is 0 Å². The molecule has 0 radical (unpaired) electrons. The average molecular weight is 363 g/mol. The van der Waals surface area contributed by atoms with Gasteiger partial charge in [0.25, 0.3) is 0 Å². The Labute approximate surface area is 157 Å². The number of aliphatic hydroxyl groups is 1. The minimum atomic E-state index is -0.751. The van der Waals surface area contributed by atoms with Gasteiger partial charge in [-0.05, 0) is 25.2 Å². The molecule has 0 saturated carbocycles. The zero-order valence-corrected chi connectivity index (χ0v) is 16.1. The van der Waals surface area contributed by atoms with Gasteiger partial charge in [0.15, 0.2) is 0 Å². The largest absolute Gasteiger partial charge is 0.481 e. The molecule has 1 aliphatic heterocycles. The Morgan fingerprint density at radius 2 is 2.04 bits per heavy atom. The lowest BCUT2D eigenvalue weighted by Gasteiger charge is -2.23. The minimum Gasteiger partial charge on any atom is -0.481 e. The summed E-state index contributed by atoms with van der Waals surface area (Å²) >= 11 is 0. The first-order valence-electron chi connectivity index (χ1n) is 9.79. The highest BCUT2D eigenvalue weighted by atomic mass is 16.4. The number of amides is 1. The number of carboxylic acid groups (broad SMARTS) is 1. The number of hydrogen-bond acceptors (Lipinski definition) is 3. The van der Waals surface area contributed by atoms with Gasteiger partial charge in [0.2, 0.25) is 5.91 Å². The maximum atomic E-state index is 12.1. The van der Waals surface area contributed by atoms with Crippen molar-refractivity contribution in [2.45, 2.75) is 83.8 Å². The molecule has 0 bridgehead atoms. The van der Waals surface area contributed by atoms with Crippen LogP contribution in [0.25, 0.3) is 0 Å². The van der Waals surface area contributed by atoms with Crippen LogP contribution in [-0.4, -0.2) is 45.7 Å². The van der Waals surface area contributed by atoms with E-state index in [4.69, 9.17) is 5.11 Å². The van der Waals surface area contributed by atoms with Gasteiger partial charge >= 0.3 is 5.97 Å². The molecule has 5 nitrogen and oxygen atoms in total. The van der Waals surface area contributed by atoms with Crippen LogP contribution >= 0.6 is 0 Å². The molecule has 26 heavy (non-hydrogen) atoms. The first-order valence-corrected chi connectivity index (χ1v) is 9.79. The number of carbonyl (C=O) groups excluding carboxylic acids is 1. The molecule has 5 heteroatoms. The number of likely N-dealkylation sites (tertiary alicyclic amines) is 1. The van der Waals surface area contributed by atoms with Crippen molar-refractivity contribution in [2.75, 3.05) is 6.54 Å². The second-order valence-electron chi connectivity index (χ2n) is 7.02. The number of unbranched alkanes of at least 4 members (excludes halogenated alkanes) is 3. The number of rotatable bonds is 11. The van der Waals surface area contributed by atoms with Crippen LogP contribution in [0.3, 0.4) is 0 Å². The predicted octanol–water partition coefficient (Wildman–Crippen LogP) is 3.37. The van der Waals surface area contributed by atoms with Gasteiger partial charge in [-0.25, -0.2) is 0 Å². The van der Waals surface area contributed by atoms with Crippen molar-refractivity contribution >= 4 is 11.9 Å². The van der Waals surface area contributed by atoms with Crippen LogP contribution in [0.5, 0.6) is 0 Å². The highest BCUT2D eigenvalue weighted by Crippen LogP contribution is 2.21. The highest BCUT2D eigenvalue weighted by molar-refractivity contribution is 5.79. The Kier molecular flexibility index (Phi) is 10.7. The van der Waals surface area contributed by atoms with Crippen LogP contribution in [0, 0.1) is 17.8 Å². The first kappa shape index (κ1) is 22.2. The fraction of sp³-hybridized carbons (Fsp3) is 0.714.